The van der Waals surface area contributed by atoms with Crippen LogP contribution in [0.2, 0.25) is 0 Å². The normalized spacial score (nSPS) is 22.3. The molecule has 1 aliphatic heterocycles. The summed E-state index contributed by atoms with van der Waals surface area (Å²) in [5, 5.41) is 5.72. The van der Waals surface area contributed by atoms with Gasteiger partial charge in [-0.1, -0.05) is 0 Å². The van der Waals surface area contributed by atoms with Gasteiger partial charge in [0, 0.05) is 25.2 Å². The molecule has 0 saturated carbocycles. The molecule has 18 heavy (non-hydrogen) atoms. The van der Waals surface area contributed by atoms with Crippen LogP contribution in [0.15, 0.2) is 24.5 Å². The minimum absolute atomic E-state index is 0.0213. The number of nitrogens with zero attached hydrogens (tertiary/aromatic N) is 1. The topological polar surface area (TPSA) is 88.2 Å². The first-order chi connectivity index (χ1) is 8.55. The van der Waals surface area contributed by atoms with E-state index in [1.54, 1.807) is 24.5 Å². The van der Waals surface area contributed by atoms with E-state index in [0.29, 0.717) is 12.2 Å². The van der Waals surface area contributed by atoms with Crippen LogP contribution >= 0.6 is 0 Å². The maximum atomic E-state index is 11.7. The quantitative estimate of drug-likeness (QED) is 0.793. The number of anilines is 1. The maximum absolute atomic E-state index is 11.7. The lowest BCUT2D eigenvalue weighted by molar-refractivity contribution is -0.116. The van der Waals surface area contributed by atoms with Crippen molar-refractivity contribution in [1.29, 1.82) is 0 Å². The highest BCUT2D eigenvalue weighted by atomic mass is 32.2. The minimum atomic E-state index is -3.01. The van der Waals surface area contributed by atoms with Crippen molar-refractivity contribution < 1.29 is 13.2 Å². The van der Waals surface area contributed by atoms with E-state index in [0.717, 1.165) is 0 Å². The number of amides is 1. The van der Waals surface area contributed by atoms with Gasteiger partial charge in [-0.05, 0) is 12.1 Å². The Morgan fingerprint density at radius 2 is 2.39 bits per heavy atom. The van der Waals surface area contributed by atoms with Gasteiger partial charge in [0.1, 0.15) is 0 Å². The van der Waals surface area contributed by atoms with E-state index in [-0.39, 0.29) is 29.9 Å². The van der Waals surface area contributed by atoms with Crippen molar-refractivity contribution in [2.75, 3.05) is 23.4 Å². The zero-order valence-electron chi connectivity index (χ0n) is 9.80. The van der Waals surface area contributed by atoms with Crippen molar-refractivity contribution >= 4 is 21.4 Å². The lowest BCUT2D eigenvalue weighted by atomic mass is 10.2. The number of nitrogens with one attached hydrogen (secondary N) is 2. The second kappa shape index (κ2) is 5.45. The van der Waals surface area contributed by atoms with Gasteiger partial charge in [0.2, 0.25) is 5.91 Å². The zero-order chi connectivity index (χ0) is 13.0. The summed E-state index contributed by atoms with van der Waals surface area (Å²) in [6.45, 7) is 0.410. The van der Waals surface area contributed by atoms with E-state index in [1.807, 2.05) is 0 Å². The van der Waals surface area contributed by atoms with Crippen LogP contribution < -0.4 is 10.6 Å². The molecule has 6 nitrogen and oxygen atoms in total. The molecule has 0 radical (unpaired) electrons. The van der Waals surface area contributed by atoms with Gasteiger partial charge in [-0.25, -0.2) is 8.42 Å². The van der Waals surface area contributed by atoms with Crippen molar-refractivity contribution in [2.24, 2.45) is 0 Å². The molecule has 0 aliphatic carbocycles. The Hall–Kier alpha value is -1.47. The molecule has 1 saturated heterocycles. The highest BCUT2D eigenvalue weighted by molar-refractivity contribution is 7.91. The Balaban J connectivity index is 1.88. The van der Waals surface area contributed by atoms with E-state index >= 15 is 0 Å². The van der Waals surface area contributed by atoms with Crippen molar-refractivity contribution in [3.63, 3.8) is 0 Å². The number of carbonyl (C=O) groups excluding carboxylic acids is 1. The Morgan fingerprint density at radius 1 is 1.56 bits per heavy atom. The lowest BCUT2D eigenvalue weighted by Gasteiger charge is -2.23. The fourth-order valence-electron chi connectivity index (χ4n) is 1.87. The number of carbonyl (C=O) groups is 1. The summed E-state index contributed by atoms with van der Waals surface area (Å²) in [6.07, 6.45) is 3.31. The van der Waals surface area contributed by atoms with E-state index in [2.05, 4.69) is 15.6 Å². The van der Waals surface area contributed by atoms with Gasteiger partial charge in [-0.15, -0.1) is 0 Å². The van der Waals surface area contributed by atoms with Crippen LogP contribution in [0.25, 0.3) is 0 Å². The molecule has 2 N–H and O–H groups in total. The van der Waals surface area contributed by atoms with Crippen LogP contribution in [0, 0.1) is 0 Å². The number of hydrogen-bond donors (Lipinski definition) is 2. The third-order valence-electron chi connectivity index (χ3n) is 2.68. The molecule has 1 fully saturated rings. The van der Waals surface area contributed by atoms with Gasteiger partial charge in [0.05, 0.1) is 23.4 Å². The second-order valence-electron chi connectivity index (χ2n) is 4.26. The summed E-state index contributed by atoms with van der Waals surface area (Å²) in [6, 6.07) is 3.15. The molecule has 7 heteroatoms. The van der Waals surface area contributed by atoms with Crippen molar-refractivity contribution in [3.05, 3.63) is 24.5 Å². The molecule has 1 aliphatic rings. The standard InChI is InChI=1S/C11H15N3O3S/c15-11(14-9-2-1-3-12-7-9)6-10-8-18(16,17)5-4-13-10/h1-3,7,10,13H,4-6,8H2,(H,14,15). The van der Waals surface area contributed by atoms with E-state index in [4.69, 9.17) is 0 Å². The summed E-state index contributed by atoms with van der Waals surface area (Å²) in [4.78, 5) is 15.6. The van der Waals surface area contributed by atoms with Gasteiger partial charge in [-0.3, -0.25) is 9.78 Å². The molecule has 2 heterocycles. The Morgan fingerprint density at radius 3 is 3.06 bits per heavy atom. The van der Waals surface area contributed by atoms with Crippen LogP contribution in [-0.2, 0) is 14.6 Å². The van der Waals surface area contributed by atoms with Crippen molar-refractivity contribution in [3.8, 4) is 0 Å². The van der Waals surface area contributed by atoms with Crippen LogP contribution in [0.4, 0.5) is 5.69 Å². The monoisotopic (exact) mass is 269 g/mol. The first-order valence-corrected chi connectivity index (χ1v) is 7.51. The average molecular weight is 269 g/mol. The van der Waals surface area contributed by atoms with E-state index < -0.39 is 9.84 Å². The number of hydrogen-bond acceptors (Lipinski definition) is 5. The summed E-state index contributed by atoms with van der Waals surface area (Å²) in [5.41, 5.74) is 0.612. The van der Waals surface area contributed by atoms with E-state index in [9.17, 15) is 13.2 Å². The van der Waals surface area contributed by atoms with Crippen LogP contribution in [0.3, 0.4) is 0 Å². The SMILES string of the molecule is O=C(CC1CS(=O)(=O)CCN1)Nc1cccnc1. The fourth-order valence-corrected chi connectivity index (χ4v) is 3.32. The largest absolute Gasteiger partial charge is 0.325 e. The number of pyridine rings is 1. The molecule has 0 spiro atoms. The molecule has 0 aromatic carbocycles. The third kappa shape index (κ3) is 3.78. The highest BCUT2D eigenvalue weighted by Gasteiger charge is 2.25. The molecule has 2 rings (SSSR count). The average Bonchev–Trinajstić information content (AvgIpc) is 2.28. The summed E-state index contributed by atoms with van der Waals surface area (Å²) in [5.74, 6) is -0.0427. The second-order valence-corrected chi connectivity index (χ2v) is 6.49. The summed E-state index contributed by atoms with van der Waals surface area (Å²) < 4.78 is 22.8. The first-order valence-electron chi connectivity index (χ1n) is 5.69. The molecule has 1 aromatic heterocycles. The van der Waals surface area contributed by atoms with Crippen LogP contribution in [0.1, 0.15) is 6.42 Å². The number of aromatic nitrogens is 1. The van der Waals surface area contributed by atoms with Crippen molar-refractivity contribution in [1.82, 2.24) is 10.3 Å². The summed E-state index contributed by atoms with van der Waals surface area (Å²) in [7, 11) is -3.01. The maximum Gasteiger partial charge on any atom is 0.226 e. The molecule has 1 atom stereocenters. The van der Waals surface area contributed by atoms with Gasteiger partial charge in [0.25, 0.3) is 0 Å². The lowest BCUT2D eigenvalue weighted by Crippen LogP contribution is -2.46. The minimum Gasteiger partial charge on any atom is -0.325 e. The molecule has 1 unspecified atom stereocenters. The number of sulfone groups is 1. The van der Waals surface area contributed by atoms with E-state index in [1.165, 1.54) is 0 Å². The Kier molecular flexibility index (Phi) is 3.93. The highest BCUT2D eigenvalue weighted by Crippen LogP contribution is 2.08. The smallest absolute Gasteiger partial charge is 0.226 e. The zero-order valence-corrected chi connectivity index (χ0v) is 10.6. The third-order valence-corrected chi connectivity index (χ3v) is 4.41. The molecule has 98 valence electrons. The molecule has 0 bridgehead atoms. The summed E-state index contributed by atoms with van der Waals surface area (Å²) >= 11 is 0. The van der Waals surface area contributed by atoms with Gasteiger partial charge >= 0.3 is 0 Å². The molecule has 1 amide bonds. The Bertz CT molecular complexity index is 516. The van der Waals surface area contributed by atoms with Crippen LogP contribution in [-0.4, -0.2) is 43.4 Å². The van der Waals surface area contributed by atoms with Gasteiger partial charge in [-0.2, -0.15) is 0 Å². The Labute approximate surface area is 106 Å². The number of rotatable bonds is 3. The molecular weight excluding hydrogens is 254 g/mol. The van der Waals surface area contributed by atoms with Crippen molar-refractivity contribution in [2.45, 2.75) is 12.5 Å². The molecular formula is C11H15N3O3S. The molecule has 1 aromatic rings. The van der Waals surface area contributed by atoms with Gasteiger partial charge < -0.3 is 10.6 Å². The van der Waals surface area contributed by atoms with Crippen LogP contribution in [0.5, 0.6) is 0 Å². The van der Waals surface area contributed by atoms with Gasteiger partial charge in [0.15, 0.2) is 9.84 Å². The predicted molar refractivity (Wildman–Crippen MR) is 67.9 cm³/mol. The first kappa shape index (κ1) is 13.0. The predicted octanol–water partition coefficient (Wildman–Crippen LogP) is -0.203. The fraction of sp³-hybridized carbons (Fsp3) is 0.455.